The fraction of sp³-hybridized carbons (Fsp3) is 0.462. The van der Waals surface area contributed by atoms with Crippen molar-refractivity contribution < 1.29 is 14.8 Å². The maximum absolute atomic E-state index is 11.9. The van der Waals surface area contributed by atoms with E-state index in [-0.39, 0.29) is 31.4 Å². The van der Waals surface area contributed by atoms with Crippen LogP contribution in [0.2, 0.25) is 0 Å². The first-order valence-corrected chi connectivity index (χ1v) is 6.45. The highest BCUT2D eigenvalue weighted by Crippen LogP contribution is 2.12. The molecule has 0 aliphatic carbocycles. The number of carbonyl (C=O) groups is 1. The number of hydrogen-bond acceptors (Lipinski definition) is 4. The highest BCUT2D eigenvalue weighted by atomic mass is 16.6. The van der Waals surface area contributed by atoms with Gasteiger partial charge in [0.25, 0.3) is 5.69 Å². The number of non-ortho nitro benzene ring substituents is 1. The van der Waals surface area contributed by atoms with Gasteiger partial charge in [0.05, 0.1) is 11.5 Å². The normalized spacial score (nSPS) is 10.1. The Morgan fingerprint density at radius 1 is 1.45 bits per heavy atom. The van der Waals surface area contributed by atoms with Crippen molar-refractivity contribution in [3.63, 3.8) is 0 Å². The molecule has 7 heteroatoms. The van der Waals surface area contributed by atoms with E-state index in [1.54, 1.807) is 12.1 Å². The largest absolute Gasteiger partial charge is 0.395 e. The number of aliphatic hydroxyl groups is 1. The van der Waals surface area contributed by atoms with E-state index in [0.717, 1.165) is 6.42 Å². The third kappa shape index (κ3) is 4.85. The van der Waals surface area contributed by atoms with Gasteiger partial charge in [-0.25, -0.2) is 4.79 Å². The topological polar surface area (TPSA) is 95.7 Å². The fourth-order valence-corrected chi connectivity index (χ4v) is 1.77. The van der Waals surface area contributed by atoms with Crippen LogP contribution < -0.4 is 5.32 Å². The highest BCUT2D eigenvalue weighted by molar-refractivity contribution is 5.74. The molecule has 1 aromatic carbocycles. The molecule has 20 heavy (non-hydrogen) atoms. The summed E-state index contributed by atoms with van der Waals surface area (Å²) in [6, 6.07) is 5.84. The van der Waals surface area contributed by atoms with E-state index in [4.69, 9.17) is 5.11 Å². The Labute approximate surface area is 117 Å². The molecule has 2 N–H and O–H groups in total. The van der Waals surface area contributed by atoms with Gasteiger partial charge >= 0.3 is 6.03 Å². The third-order valence-electron chi connectivity index (χ3n) is 2.72. The summed E-state index contributed by atoms with van der Waals surface area (Å²) in [6.07, 6.45) is 0.796. The summed E-state index contributed by atoms with van der Waals surface area (Å²) in [7, 11) is 0. The van der Waals surface area contributed by atoms with Crippen molar-refractivity contribution in [2.24, 2.45) is 0 Å². The van der Waals surface area contributed by atoms with Crippen molar-refractivity contribution in [1.82, 2.24) is 10.2 Å². The molecule has 0 radical (unpaired) electrons. The molecule has 0 unspecified atom stereocenters. The first kappa shape index (κ1) is 15.9. The minimum absolute atomic E-state index is 0.00229. The summed E-state index contributed by atoms with van der Waals surface area (Å²) >= 11 is 0. The second-order valence-electron chi connectivity index (χ2n) is 4.30. The zero-order valence-electron chi connectivity index (χ0n) is 11.4. The fourth-order valence-electron chi connectivity index (χ4n) is 1.77. The lowest BCUT2D eigenvalue weighted by molar-refractivity contribution is -0.384. The monoisotopic (exact) mass is 281 g/mol. The van der Waals surface area contributed by atoms with E-state index < -0.39 is 4.92 Å². The molecule has 7 nitrogen and oxygen atoms in total. The van der Waals surface area contributed by atoms with Crippen LogP contribution in [0, 0.1) is 10.1 Å². The zero-order valence-corrected chi connectivity index (χ0v) is 11.4. The Bertz CT molecular complexity index is 459. The molecule has 0 aliphatic rings. The van der Waals surface area contributed by atoms with E-state index in [2.05, 4.69) is 5.32 Å². The molecule has 0 spiro atoms. The number of nitrogens with one attached hydrogen (secondary N) is 1. The highest BCUT2D eigenvalue weighted by Gasteiger charge is 2.12. The molecule has 0 bridgehead atoms. The van der Waals surface area contributed by atoms with E-state index in [9.17, 15) is 14.9 Å². The molecular weight excluding hydrogens is 262 g/mol. The number of benzene rings is 1. The van der Waals surface area contributed by atoms with Gasteiger partial charge in [0.15, 0.2) is 0 Å². The van der Waals surface area contributed by atoms with Crippen molar-refractivity contribution in [2.45, 2.75) is 19.9 Å². The van der Waals surface area contributed by atoms with Crippen LogP contribution in [0.3, 0.4) is 0 Å². The SMILES string of the molecule is CCCN(CCO)C(=O)NCc1cccc([N+](=O)[O-])c1. The minimum Gasteiger partial charge on any atom is -0.395 e. The molecule has 0 fully saturated rings. The van der Waals surface area contributed by atoms with Crippen LogP contribution in [-0.4, -0.2) is 40.7 Å². The van der Waals surface area contributed by atoms with Crippen molar-refractivity contribution in [3.8, 4) is 0 Å². The minimum atomic E-state index is -0.472. The van der Waals surface area contributed by atoms with Crippen LogP contribution in [0.15, 0.2) is 24.3 Å². The second-order valence-corrected chi connectivity index (χ2v) is 4.30. The van der Waals surface area contributed by atoms with Gasteiger partial charge in [-0.05, 0) is 12.0 Å². The van der Waals surface area contributed by atoms with E-state index >= 15 is 0 Å². The van der Waals surface area contributed by atoms with Crippen LogP contribution in [-0.2, 0) is 6.54 Å². The van der Waals surface area contributed by atoms with Crippen molar-refractivity contribution in [1.29, 1.82) is 0 Å². The van der Waals surface area contributed by atoms with Gasteiger partial charge in [0, 0.05) is 31.8 Å². The van der Waals surface area contributed by atoms with Crippen LogP contribution in [0.4, 0.5) is 10.5 Å². The summed E-state index contributed by atoms with van der Waals surface area (Å²) in [5.41, 5.74) is 0.658. The lowest BCUT2D eigenvalue weighted by atomic mass is 10.2. The standard InChI is InChI=1S/C13H19N3O4/c1-2-6-15(7-8-17)13(18)14-10-11-4-3-5-12(9-11)16(19)20/h3-5,9,17H,2,6-8,10H2,1H3,(H,14,18). The molecule has 0 saturated carbocycles. The predicted octanol–water partition coefficient (Wildman–Crippen LogP) is 1.51. The van der Waals surface area contributed by atoms with Crippen LogP contribution in [0.5, 0.6) is 0 Å². The number of nitro benzene ring substituents is 1. The molecule has 1 rings (SSSR count). The maximum Gasteiger partial charge on any atom is 0.317 e. The second kappa shape index (κ2) is 8.11. The Kier molecular flexibility index (Phi) is 6.45. The molecule has 0 aliphatic heterocycles. The number of nitro groups is 1. The van der Waals surface area contributed by atoms with E-state index in [1.807, 2.05) is 6.92 Å². The quantitative estimate of drug-likeness (QED) is 0.585. The van der Waals surface area contributed by atoms with Crippen molar-refractivity contribution >= 4 is 11.7 Å². The van der Waals surface area contributed by atoms with Gasteiger partial charge in [-0.2, -0.15) is 0 Å². The van der Waals surface area contributed by atoms with Gasteiger partial charge in [-0.15, -0.1) is 0 Å². The Morgan fingerprint density at radius 2 is 2.20 bits per heavy atom. The number of nitrogens with zero attached hydrogens (tertiary/aromatic N) is 2. The molecule has 0 heterocycles. The van der Waals surface area contributed by atoms with Gasteiger partial charge in [0.1, 0.15) is 0 Å². The summed E-state index contributed by atoms with van der Waals surface area (Å²) in [5, 5.41) is 22.2. The molecule has 0 saturated heterocycles. The van der Waals surface area contributed by atoms with Crippen LogP contribution >= 0.6 is 0 Å². The molecular formula is C13H19N3O4. The molecule has 0 atom stereocenters. The van der Waals surface area contributed by atoms with Crippen molar-refractivity contribution in [3.05, 3.63) is 39.9 Å². The van der Waals surface area contributed by atoms with E-state index in [0.29, 0.717) is 12.1 Å². The first-order chi connectivity index (χ1) is 9.58. The molecule has 1 aromatic rings. The number of aliphatic hydroxyl groups excluding tert-OH is 1. The van der Waals surface area contributed by atoms with E-state index in [1.165, 1.54) is 17.0 Å². The lowest BCUT2D eigenvalue weighted by Gasteiger charge is -2.21. The summed E-state index contributed by atoms with van der Waals surface area (Å²) in [6.45, 7) is 2.89. The number of hydrogen-bond donors (Lipinski definition) is 2. The van der Waals surface area contributed by atoms with Gasteiger partial charge < -0.3 is 15.3 Å². The average Bonchev–Trinajstić information content (AvgIpc) is 2.45. The predicted molar refractivity (Wildman–Crippen MR) is 74.3 cm³/mol. The number of rotatable bonds is 7. The molecule has 110 valence electrons. The van der Waals surface area contributed by atoms with Gasteiger partial charge in [0.2, 0.25) is 0 Å². The Balaban J connectivity index is 2.59. The third-order valence-corrected chi connectivity index (χ3v) is 2.72. The first-order valence-electron chi connectivity index (χ1n) is 6.45. The smallest absolute Gasteiger partial charge is 0.317 e. The van der Waals surface area contributed by atoms with Crippen LogP contribution in [0.25, 0.3) is 0 Å². The summed E-state index contributed by atoms with van der Waals surface area (Å²) < 4.78 is 0. The maximum atomic E-state index is 11.9. The average molecular weight is 281 g/mol. The van der Waals surface area contributed by atoms with Gasteiger partial charge in [-0.3, -0.25) is 10.1 Å². The Hall–Kier alpha value is -2.15. The van der Waals surface area contributed by atoms with Crippen LogP contribution in [0.1, 0.15) is 18.9 Å². The number of urea groups is 1. The number of carbonyl (C=O) groups excluding carboxylic acids is 1. The lowest BCUT2D eigenvalue weighted by Crippen LogP contribution is -2.41. The number of amides is 2. The van der Waals surface area contributed by atoms with Gasteiger partial charge in [-0.1, -0.05) is 19.1 Å². The zero-order chi connectivity index (χ0) is 15.0. The molecule has 2 amide bonds. The van der Waals surface area contributed by atoms with Crippen molar-refractivity contribution in [2.75, 3.05) is 19.7 Å². The Morgan fingerprint density at radius 3 is 2.80 bits per heavy atom. The summed E-state index contributed by atoms with van der Waals surface area (Å²) in [5.74, 6) is 0. The summed E-state index contributed by atoms with van der Waals surface area (Å²) in [4.78, 5) is 23.6. The molecule has 0 aromatic heterocycles.